The quantitative estimate of drug-likeness (QED) is 0.560. The van der Waals surface area contributed by atoms with E-state index in [1.807, 2.05) is 0 Å². The molecule has 0 saturated heterocycles. The van der Waals surface area contributed by atoms with Gasteiger partial charge in [-0.1, -0.05) is 0 Å². The van der Waals surface area contributed by atoms with Gasteiger partial charge < -0.3 is 4.90 Å². The molecular weight excluding hydrogens is 192 g/mol. The number of rotatable bonds is 1. The predicted molar refractivity (Wildman–Crippen MR) is 47.6 cm³/mol. The van der Waals surface area contributed by atoms with Crippen LogP contribution in [0.3, 0.4) is 0 Å². The highest BCUT2D eigenvalue weighted by atomic mass is 32.2. The lowest BCUT2D eigenvalue weighted by molar-refractivity contribution is 0.549. The van der Waals surface area contributed by atoms with Crippen LogP contribution in [0.25, 0.3) is 0 Å². The van der Waals surface area contributed by atoms with Gasteiger partial charge in [-0.2, -0.15) is 5.10 Å². The number of fused-ring (bicyclic) bond motifs is 1. The Morgan fingerprint density at radius 2 is 2.38 bits per heavy atom. The minimum atomic E-state index is -3.63. The van der Waals surface area contributed by atoms with Crippen LogP contribution in [0.1, 0.15) is 0 Å². The van der Waals surface area contributed by atoms with E-state index in [4.69, 9.17) is 5.14 Å². The van der Waals surface area contributed by atoms with E-state index in [2.05, 4.69) is 10.5 Å². The molecule has 2 aliphatic rings. The SMILES string of the molecule is NS(=O)(=O)C1=CC2=NNCN2C=C1. The largest absolute Gasteiger partial charge is 0.312 e. The van der Waals surface area contributed by atoms with Gasteiger partial charge in [0.25, 0.3) is 0 Å². The fraction of sp³-hybridized carbons (Fsp3) is 0.167. The number of hydrogen-bond acceptors (Lipinski definition) is 5. The van der Waals surface area contributed by atoms with Crippen LogP contribution in [0.5, 0.6) is 0 Å². The minimum Gasteiger partial charge on any atom is -0.312 e. The highest BCUT2D eigenvalue weighted by Crippen LogP contribution is 2.14. The van der Waals surface area contributed by atoms with E-state index >= 15 is 0 Å². The monoisotopic (exact) mass is 200 g/mol. The van der Waals surface area contributed by atoms with Gasteiger partial charge in [0.2, 0.25) is 10.0 Å². The van der Waals surface area contributed by atoms with Crippen molar-refractivity contribution in [2.24, 2.45) is 10.2 Å². The van der Waals surface area contributed by atoms with E-state index in [9.17, 15) is 8.42 Å². The van der Waals surface area contributed by atoms with Gasteiger partial charge >= 0.3 is 0 Å². The second-order valence-corrected chi connectivity index (χ2v) is 4.22. The van der Waals surface area contributed by atoms with E-state index in [0.717, 1.165) is 0 Å². The summed E-state index contributed by atoms with van der Waals surface area (Å²) in [7, 11) is -3.63. The Hall–Kier alpha value is -1.34. The molecular formula is C6H8N4O2S. The van der Waals surface area contributed by atoms with Crippen molar-refractivity contribution in [3.8, 4) is 0 Å². The molecule has 0 atom stereocenters. The molecule has 7 heteroatoms. The topological polar surface area (TPSA) is 87.8 Å². The molecule has 2 heterocycles. The van der Waals surface area contributed by atoms with Crippen molar-refractivity contribution in [1.82, 2.24) is 10.3 Å². The molecule has 0 saturated carbocycles. The lowest BCUT2D eigenvalue weighted by Gasteiger charge is -2.15. The Balaban J connectivity index is 2.41. The summed E-state index contributed by atoms with van der Waals surface area (Å²) in [6.07, 6.45) is 4.50. The number of nitrogens with one attached hydrogen (secondary N) is 1. The molecule has 0 bridgehead atoms. The number of allylic oxidation sites excluding steroid dienone is 1. The lowest BCUT2D eigenvalue weighted by Crippen LogP contribution is -2.27. The van der Waals surface area contributed by atoms with Crippen LogP contribution in [0, 0.1) is 0 Å². The molecule has 2 rings (SSSR count). The molecule has 0 fully saturated rings. The second-order valence-electron chi connectivity index (χ2n) is 2.66. The Kier molecular flexibility index (Phi) is 1.64. The van der Waals surface area contributed by atoms with Crippen molar-refractivity contribution in [3.63, 3.8) is 0 Å². The van der Waals surface area contributed by atoms with Crippen molar-refractivity contribution >= 4 is 15.9 Å². The van der Waals surface area contributed by atoms with Crippen molar-refractivity contribution in [2.45, 2.75) is 0 Å². The van der Waals surface area contributed by atoms with Gasteiger partial charge in [0.15, 0.2) is 5.84 Å². The van der Waals surface area contributed by atoms with E-state index in [0.29, 0.717) is 12.5 Å². The molecule has 6 nitrogen and oxygen atoms in total. The van der Waals surface area contributed by atoms with Crippen LogP contribution >= 0.6 is 0 Å². The number of amidine groups is 1. The van der Waals surface area contributed by atoms with Crippen molar-refractivity contribution < 1.29 is 8.42 Å². The number of primary sulfonamides is 1. The Morgan fingerprint density at radius 3 is 3.08 bits per heavy atom. The lowest BCUT2D eigenvalue weighted by atomic mass is 10.3. The van der Waals surface area contributed by atoms with Gasteiger partial charge in [-0.25, -0.2) is 13.6 Å². The zero-order valence-corrected chi connectivity index (χ0v) is 7.45. The third-order valence-electron chi connectivity index (χ3n) is 1.75. The third kappa shape index (κ3) is 1.43. The van der Waals surface area contributed by atoms with Crippen molar-refractivity contribution in [2.75, 3.05) is 6.67 Å². The number of hydrogen-bond donors (Lipinski definition) is 2. The molecule has 0 aromatic heterocycles. The summed E-state index contributed by atoms with van der Waals surface area (Å²) in [6.45, 7) is 0.556. The van der Waals surface area contributed by atoms with Gasteiger partial charge in [0, 0.05) is 12.3 Å². The van der Waals surface area contributed by atoms with E-state index in [1.54, 1.807) is 11.1 Å². The molecule has 0 unspecified atom stereocenters. The summed E-state index contributed by atoms with van der Waals surface area (Å²) in [6, 6.07) is 0. The molecule has 0 aromatic rings. The molecule has 0 radical (unpaired) electrons. The summed E-state index contributed by atoms with van der Waals surface area (Å²) in [5.74, 6) is 0.562. The summed E-state index contributed by atoms with van der Waals surface area (Å²) in [5.41, 5.74) is 2.72. The van der Waals surface area contributed by atoms with E-state index < -0.39 is 10.0 Å². The number of nitrogens with two attached hydrogens (primary N) is 1. The molecule has 0 aromatic carbocycles. The van der Waals surface area contributed by atoms with Crippen LogP contribution in [0.4, 0.5) is 0 Å². The van der Waals surface area contributed by atoms with Gasteiger partial charge in [-0.05, 0) is 6.08 Å². The average molecular weight is 200 g/mol. The van der Waals surface area contributed by atoms with Crippen LogP contribution in [0.2, 0.25) is 0 Å². The minimum absolute atomic E-state index is 0.0752. The van der Waals surface area contributed by atoms with Gasteiger partial charge in [0.05, 0.1) is 4.91 Å². The Labute approximate surface area is 75.4 Å². The normalized spacial score (nSPS) is 20.5. The fourth-order valence-corrected chi connectivity index (χ4v) is 1.62. The van der Waals surface area contributed by atoms with Crippen LogP contribution < -0.4 is 10.6 Å². The van der Waals surface area contributed by atoms with Gasteiger partial charge in [0.1, 0.15) is 6.67 Å². The maximum Gasteiger partial charge on any atom is 0.238 e. The standard InChI is InChI=1S/C6H8N4O2S/c7-13(11,12)5-1-2-10-4-8-9-6(10)3-5/h1-3,8H,4H2,(H2,7,11,12). The molecule has 0 amide bonds. The maximum absolute atomic E-state index is 10.9. The first-order valence-electron chi connectivity index (χ1n) is 3.57. The highest BCUT2D eigenvalue weighted by Gasteiger charge is 2.20. The van der Waals surface area contributed by atoms with E-state index in [1.165, 1.54) is 12.2 Å². The molecule has 2 aliphatic heterocycles. The Bertz CT molecular complexity index is 420. The number of hydrazone groups is 1. The molecule has 3 N–H and O–H groups in total. The fourth-order valence-electron chi connectivity index (χ4n) is 1.10. The first kappa shape index (κ1) is 8.27. The van der Waals surface area contributed by atoms with Gasteiger partial charge in [-0.15, -0.1) is 0 Å². The second kappa shape index (κ2) is 2.57. The molecule has 0 aliphatic carbocycles. The van der Waals surface area contributed by atoms with Crippen LogP contribution in [0.15, 0.2) is 28.4 Å². The van der Waals surface area contributed by atoms with Crippen molar-refractivity contribution in [1.29, 1.82) is 0 Å². The first-order chi connectivity index (χ1) is 6.07. The molecule has 0 spiro atoms. The summed E-state index contributed by atoms with van der Waals surface area (Å²) >= 11 is 0. The molecule has 70 valence electrons. The zero-order valence-electron chi connectivity index (χ0n) is 6.64. The van der Waals surface area contributed by atoms with E-state index in [-0.39, 0.29) is 4.91 Å². The van der Waals surface area contributed by atoms with Gasteiger partial charge in [-0.3, -0.25) is 5.43 Å². The predicted octanol–water partition coefficient (Wildman–Crippen LogP) is -1.14. The van der Waals surface area contributed by atoms with Crippen LogP contribution in [-0.2, 0) is 10.0 Å². The summed E-state index contributed by atoms with van der Waals surface area (Å²) in [5, 5.41) is 8.82. The summed E-state index contributed by atoms with van der Waals surface area (Å²) < 4.78 is 21.9. The average Bonchev–Trinajstić information content (AvgIpc) is 2.47. The highest BCUT2D eigenvalue weighted by molar-refractivity contribution is 7.93. The maximum atomic E-state index is 10.9. The number of nitrogens with zero attached hydrogens (tertiary/aromatic N) is 2. The van der Waals surface area contributed by atoms with Crippen molar-refractivity contribution in [3.05, 3.63) is 23.3 Å². The smallest absolute Gasteiger partial charge is 0.238 e. The van der Waals surface area contributed by atoms with Crippen LogP contribution in [-0.4, -0.2) is 25.8 Å². The third-order valence-corrected chi connectivity index (χ3v) is 2.66. The Morgan fingerprint density at radius 1 is 1.62 bits per heavy atom. The molecule has 13 heavy (non-hydrogen) atoms. The number of sulfonamides is 1. The zero-order chi connectivity index (χ0) is 9.47. The summed E-state index contributed by atoms with van der Waals surface area (Å²) in [4.78, 5) is 1.85. The first-order valence-corrected chi connectivity index (χ1v) is 5.12.